The highest BCUT2D eigenvalue weighted by atomic mass is 32.1. The molecule has 4 rings (SSSR count). The summed E-state index contributed by atoms with van der Waals surface area (Å²) in [5.74, 6) is 2.45. The number of rotatable bonds is 3. The minimum absolute atomic E-state index is 0.315. The lowest BCUT2D eigenvalue weighted by Crippen LogP contribution is -2.33. The van der Waals surface area contributed by atoms with Gasteiger partial charge in [0.1, 0.15) is 5.01 Å². The topological polar surface area (TPSA) is 34.6 Å². The number of likely N-dealkylation sites (tertiary alicyclic amines) is 1. The van der Waals surface area contributed by atoms with Crippen LogP contribution >= 0.6 is 11.3 Å². The first kappa shape index (κ1) is 14.0. The Balaban J connectivity index is 1.49. The highest BCUT2D eigenvalue weighted by molar-refractivity contribution is 7.13. The molecule has 0 spiro atoms. The second kappa shape index (κ2) is 5.89. The molecule has 0 amide bonds. The standard InChI is InChI=1S/C17H20N2O2S/c1-12-3-2-6-19(8-12)9-14-10-22-17(18-14)13-4-5-15-16(7-13)21-11-20-15/h4-5,7,10,12H,2-3,6,8-9,11H2,1H3/t12-/m1/s1. The van der Waals surface area contributed by atoms with E-state index in [1.165, 1.54) is 31.6 Å². The number of fused-ring (bicyclic) bond motifs is 1. The zero-order valence-electron chi connectivity index (χ0n) is 12.7. The van der Waals surface area contributed by atoms with Crippen LogP contribution in [0.2, 0.25) is 0 Å². The van der Waals surface area contributed by atoms with Gasteiger partial charge in [0.05, 0.1) is 5.69 Å². The summed E-state index contributed by atoms with van der Waals surface area (Å²) in [4.78, 5) is 7.33. The molecule has 0 unspecified atom stereocenters. The van der Waals surface area contributed by atoms with Crippen LogP contribution in [0, 0.1) is 5.92 Å². The monoisotopic (exact) mass is 316 g/mol. The van der Waals surface area contributed by atoms with Gasteiger partial charge < -0.3 is 9.47 Å². The van der Waals surface area contributed by atoms with Crippen LogP contribution in [-0.2, 0) is 6.54 Å². The van der Waals surface area contributed by atoms with Crippen LogP contribution in [0.1, 0.15) is 25.5 Å². The fourth-order valence-corrected chi connectivity index (χ4v) is 4.01. The lowest BCUT2D eigenvalue weighted by atomic mass is 10.0. The highest BCUT2D eigenvalue weighted by Crippen LogP contribution is 2.36. The molecule has 116 valence electrons. The Labute approximate surface area is 134 Å². The Hall–Kier alpha value is -1.59. The molecule has 0 N–H and O–H groups in total. The molecular weight excluding hydrogens is 296 g/mol. The van der Waals surface area contributed by atoms with Gasteiger partial charge in [-0.05, 0) is 43.5 Å². The van der Waals surface area contributed by atoms with E-state index >= 15 is 0 Å². The Bertz CT molecular complexity index is 670. The quantitative estimate of drug-likeness (QED) is 0.863. The summed E-state index contributed by atoms with van der Waals surface area (Å²) in [7, 11) is 0. The molecule has 1 aromatic carbocycles. The maximum absolute atomic E-state index is 5.45. The smallest absolute Gasteiger partial charge is 0.231 e. The van der Waals surface area contributed by atoms with Crippen LogP contribution in [-0.4, -0.2) is 29.8 Å². The van der Waals surface area contributed by atoms with Crippen molar-refractivity contribution in [1.82, 2.24) is 9.88 Å². The molecule has 1 aromatic heterocycles. The van der Waals surface area contributed by atoms with Crippen molar-refractivity contribution in [1.29, 1.82) is 0 Å². The fraction of sp³-hybridized carbons (Fsp3) is 0.471. The number of hydrogen-bond donors (Lipinski definition) is 0. The molecule has 3 heterocycles. The second-order valence-electron chi connectivity index (χ2n) is 6.19. The van der Waals surface area contributed by atoms with Crippen LogP contribution in [0.5, 0.6) is 11.5 Å². The second-order valence-corrected chi connectivity index (χ2v) is 7.05. The third-order valence-corrected chi connectivity index (χ3v) is 5.24. The summed E-state index contributed by atoms with van der Waals surface area (Å²) in [6.07, 6.45) is 2.66. The van der Waals surface area contributed by atoms with Crippen molar-refractivity contribution in [3.63, 3.8) is 0 Å². The van der Waals surface area contributed by atoms with E-state index in [0.717, 1.165) is 34.5 Å². The molecule has 2 aliphatic heterocycles. The van der Waals surface area contributed by atoms with Crippen molar-refractivity contribution < 1.29 is 9.47 Å². The molecule has 1 saturated heterocycles. The minimum atomic E-state index is 0.315. The predicted molar refractivity (Wildman–Crippen MR) is 87.3 cm³/mol. The lowest BCUT2D eigenvalue weighted by Gasteiger charge is -2.30. The van der Waals surface area contributed by atoms with Crippen molar-refractivity contribution in [2.45, 2.75) is 26.3 Å². The summed E-state index contributed by atoms with van der Waals surface area (Å²) in [6, 6.07) is 6.04. The summed E-state index contributed by atoms with van der Waals surface area (Å²) in [5, 5.41) is 3.23. The maximum Gasteiger partial charge on any atom is 0.231 e. The molecular formula is C17H20N2O2S. The van der Waals surface area contributed by atoms with E-state index in [9.17, 15) is 0 Å². The molecule has 4 nitrogen and oxygen atoms in total. The zero-order valence-corrected chi connectivity index (χ0v) is 13.6. The van der Waals surface area contributed by atoms with Crippen molar-refractivity contribution in [2.75, 3.05) is 19.9 Å². The Kier molecular flexibility index (Phi) is 3.76. The van der Waals surface area contributed by atoms with E-state index in [4.69, 9.17) is 14.5 Å². The summed E-state index contributed by atoms with van der Waals surface area (Å²) < 4.78 is 10.8. The molecule has 1 fully saturated rings. The number of benzene rings is 1. The van der Waals surface area contributed by atoms with E-state index in [0.29, 0.717) is 6.79 Å². The average Bonchev–Trinajstić information content (AvgIpc) is 3.15. The molecule has 2 aliphatic rings. The number of nitrogens with zero attached hydrogens (tertiary/aromatic N) is 2. The van der Waals surface area contributed by atoms with Crippen molar-refractivity contribution in [3.8, 4) is 22.1 Å². The Morgan fingerprint density at radius 3 is 3.14 bits per heavy atom. The number of hydrogen-bond acceptors (Lipinski definition) is 5. The molecule has 0 bridgehead atoms. The van der Waals surface area contributed by atoms with Crippen molar-refractivity contribution >= 4 is 11.3 Å². The Morgan fingerprint density at radius 1 is 1.32 bits per heavy atom. The summed E-state index contributed by atoms with van der Waals surface area (Å²) >= 11 is 1.70. The van der Waals surface area contributed by atoms with Gasteiger partial charge >= 0.3 is 0 Å². The van der Waals surface area contributed by atoms with Crippen molar-refractivity contribution in [2.24, 2.45) is 5.92 Å². The molecule has 22 heavy (non-hydrogen) atoms. The zero-order chi connectivity index (χ0) is 14.9. The average molecular weight is 316 g/mol. The first-order valence-corrected chi connectivity index (χ1v) is 8.73. The van der Waals surface area contributed by atoms with Gasteiger partial charge in [-0.25, -0.2) is 4.98 Å². The normalized spacial score (nSPS) is 21.2. The van der Waals surface area contributed by atoms with Gasteiger partial charge in [0.15, 0.2) is 11.5 Å². The third-order valence-electron chi connectivity index (χ3n) is 4.30. The number of ether oxygens (including phenoxy) is 2. The molecule has 0 saturated carbocycles. The number of piperidine rings is 1. The van der Waals surface area contributed by atoms with Crippen LogP contribution < -0.4 is 9.47 Å². The largest absolute Gasteiger partial charge is 0.454 e. The van der Waals surface area contributed by atoms with Crippen LogP contribution in [0.3, 0.4) is 0 Å². The summed E-state index contributed by atoms with van der Waals surface area (Å²) in [5.41, 5.74) is 2.28. The third kappa shape index (κ3) is 2.83. The van der Waals surface area contributed by atoms with Gasteiger partial charge in [-0.1, -0.05) is 6.92 Å². The van der Waals surface area contributed by atoms with E-state index in [-0.39, 0.29) is 0 Å². The van der Waals surface area contributed by atoms with Gasteiger partial charge in [-0.2, -0.15) is 0 Å². The maximum atomic E-state index is 5.45. The SMILES string of the molecule is C[C@@H]1CCCN(Cc2csc(-c3ccc4c(c3)OCO4)n2)C1. The predicted octanol–water partition coefficient (Wildman–Crippen LogP) is 3.77. The van der Waals surface area contributed by atoms with Gasteiger partial charge in [-0.15, -0.1) is 11.3 Å². The molecule has 1 atom stereocenters. The highest BCUT2D eigenvalue weighted by Gasteiger charge is 2.18. The number of aromatic nitrogens is 1. The van der Waals surface area contributed by atoms with Crippen LogP contribution in [0.4, 0.5) is 0 Å². The minimum Gasteiger partial charge on any atom is -0.454 e. The molecule has 2 aromatic rings. The first-order valence-electron chi connectivity index (χ1n) is 7.85. The first-order chi connectivity index (χ1) is 10.8. The van der Waals surface area contributed by atoms with E-state index in [1.54, 1.807) is 11.3 Å². The fourth-order valence-electron chi connectivity index (χ4n) is 3.20. The van der Waals surface area contributed by atoms with Gasteiger partial charge in [0.2, 0.25) is 6.79 Å². The van der Waals surface area contributed by atoms with E-state index in [1.807, 2.05) is 12.1 Å². The van der Waals surface area contributed by atoms with Crippen LogP contribution in [0.15, 0.2) is 23.6 Å². The van der Waals surface area contributed by atoms with Gasteiger partial charge in [-0.3, -0.25) is 4.90 Å². The molecule has 5 heteroatoms. The van der Waals surface area contributed by atoms with Crippen molar-refractivity contribution in [3.05, 3.63) is 29.3 Å². The van der Waals surface area contributed by atoms with E-state index in [2.05, 4.69) is 23.3 Å². The Morgan fingerprint density at radius 2 is 2.23 bits per heavy atom. The lowest BCUT2D eigenvalue weighted by molar-refractivity contribution is 0.174. The summed E-state index contributed by atoms with van der Waals surface area (Å²) in [6.45, 7) is 6.00. The molecule has 0 aliphatic carbocycles. The van der Waals surface area contributed by atoms with Gasteiger partial charge in [0.25, 0.3) is 0 Å². The van der Waals surface area contributed by atoms with Gasteiger partial charge in [0, 0.05) is 24.0 Å². The van der Waals surface area contributed by atoms with E-state index < -0.39 is 0 Å². The molecule has 0 radical (unpaired) electrons. The number of thiazole rings is 1. The van der Waals surface area contributed by atoms with Crippen LogP contribution in [0.25, 0.3) is 10.6 Å².